The molecule has 1 aromatic rings. The number of hydrogen-bond acceptors (Lipinski definition) is 8. The smallest absolute Gasteiger partial charge is 0.308 e. The van der Waals surface area contributed by atoms with E-state index in [1.165, 1.54) is 0 Å². The first kappa shape index (κ1) is 30.8. The molecule has 2 N–H and O–H groups in total. The van der Waals surface area contributed by atoms with Crippen LogP contribution in [-0.4, -0.2) is 99.0 Å². The van der Waals surface area contributed by atoms with Crippen molar-refractivity contribution in [3.63, 3.8) is 0 Å². The Labute approximate surface area is 258 Å². The van der Waals surface area contributed by atoms with Crippen molar-refractivity contribution in [2.24, 2.45) is 17.8 Å². The number of thioether (sulfide) groups is 1. The third kappa shape index (κ3) is 6.18. The van der Waals surface area contributed by atoms with Gasteiger partial charge >= 0.3 is 5.97 Å². The maximum atomic E-state index is 13.7. The lowest BCUT2D eigenvalue weighted by Gasteiger charge is -2.47. The zero-order chi connectivity index (χ0) is 29.5. The lowest BCUT2D eigenvalue weighted by atomic mass is 9.70. The molecule has 0 spiro atoms. The van der Waals surface area contributed by atoms with Crippen LogP contribution in [-0.2, 0) is 33.7 Å². The highest BCUT2D eigenvalue weighted by Crippen LogP contribution is 2.48. The standard InChI is InChI=1S/C31H47ClN4O5S/c1-17-12-23(29-28(33-17)25(16-42-29)31(38)39)22-13-19(32)4-7-27(22)41-11-10-36-18(2)34-26-6-5-20(14-24(26)30(36)37)35-9-8-21(15-35)40-3/h17,19-23,25,27-29,33H,4-16H2,1-3H3,(H,38,39)/t17?,19?,20-,21-,22?,23?,25?,27?,28?,29?/m0/s1. The number of alkyl halides is 1. The Kier molecular flexibility index (Phi) is 9.58. The highest BCUT2D eigenvalue weighted by atomic mass is 35.5. The van der Waals surface area contributed by atoms with Crippen molar-refractivity contribution in [3.05, 3.63) is 27.4 Å². The molecule has 3 aliphatic heterocycles. The van der Waals surface area contributed by atoms with Gasteiger partial charge in [-0.05, 0) is 77.0 Å². The molecule has 0 radical (unpaired) electrons. The van der Waals surface area contributed by atoms with Crippen molar-refractivity contribution in [2.75, 3.05) is 32.6 Å². The van der Waals surface area contributed by atoms with E-state index in [-0.39, 0.29) is 46.2 Å². The zero-order valence-electron chi connectivity index (χ0n) is 25.2. The molecule has 0 amide bonds. The zero-order valence-corrected chi connectivity index (χ0v) is 26.7. The number of nitrogens with zero attached hydrogens (tertiary/aromatic N) is 3. The molecule has 4 heterocycles. The van der Waals surface area contributed by atoms with Gasteiger partial charge in [0, 0.05) is 60.3 Å². The van der Waals surface area contributed by atoms with Crippen molar-refractivity contribution in [1.82, 2.24) is 19.8 Å². The quantitative estimate of drug-likeness (QED) is 0.423. The molecule has 10 atom stereocenters. The van der Waals surface area contributed by atoms with E-state index in [0.29, 0.717) is 37.0 Å². The van der Waals surface area contributed by atoms with Crippen molar-refractivity contribution in [1.29, 1.82) is 0 Å². The summed E-state index contributed by atoms with van der Waals surface area (Å²) in [5.74, 6) is 1.02. The fraction of sp³-hybridized carbons (Fsp3) is 0.839. The molecule has 234 valence electrons. The first-order valence-corrected chi connectivity index (χ1v) is 17.4. The van der Waals surface area contributed by atoms with Crippen LogP contribution >= 0.6 is 23.4 Å². The van der Waals surface area contributed by atoms with Gasteiger partial charge in [-0.15, -0.1) is 11.6 Å². The molecule has 5 aliphatic rings. The Morgan fingerprint density at radius 3 is 2.81 bits per heavy atom. The molecule has 11 heteroatoms. The Balaban J connectivity index is 1.13. The molecule has 3 saturated heterocycles. The third-order valence-electron chi connectivity index (χ3n) is 10.8. The molecule has 4 fully saturated rings. The van der Waals surface area contributed by atoms with E-state index in [9.17, 15) is 14.7 Å². The predicted molar refractivity (Wildman–Crippen MR) is 165 cm³/mol. The number of halogens is 1. The first-order valence-electron chi connectivity index (χ1n) is 16.0. The molecule has 1 aromatic heterocycles. The topological polar surface area (TPSA) is 106 Å². The van der Waals surface area contributed by atoms with Gasteiger partial charge in [-0.25, -0.2) is 4.98 Å². The van der Waals surface area contributed by atoms with Crippen LogP contribution < -0.4 is 10.9 Å². The van der Waals surface area contributed by atoms with Crippen molar-refractivity contribution < 1.29 is 19.4 Å². The van der Waals surface area contributed by atoms with Crippen LogP contribution in [0.2, 0.25) is 0 Å². The fourth-order valence-electron chi connectivity index (χ4n) is 8.57. The van der Waals surface area contributed by atoms with E-state index >= 15 is 0 Å². The van der Waals surface area contributed by atoms with Gasteiger partial charge in [-0.1, -0.05) is 0 Å². The van der Waals surface area contributed by atoms with Crippen molar-refractivity contribution in [3.8, 4) is 0 Å². The summed E-state index contributed by atoms with van der Waals surface area (Å²) in [6.07, 6.45) is 7.77. The number of carbonyl (C=O) groups is 1. The Hall–Kier alpha value is -1.17. The molecule has 2 aliphatic carbocycles. The molecular weight excluding hydrogens is 576 g/mol. The highest BCUT2D eigenvalue weighted by Gasteiger charge is 2.51. The molecule has 8 unspecified atom stereocenters. The number of likely N-dealkylation sites (tertiary alicyclic amines) is 1. The molecule has 0 bridgehead atoms. The molecule has 6 rings (SSSR count). The number of nitrogens with one attached hydrogen (secondary N) is 1. The van der Waals surface area contributed by atoms with Gasteiger partial charge in [-0.3, -0.25) is 19.1 Å². The number of carboxylic acids is 1. The van der Waals surface area contributed by atoms with Crippen molar-refractivity contribution >= 4 is 29.3 Å². The third-order valence-corrected chi connectivity index (χ3v) is 12.8. The number of aryl methyl sites for hydroxylation is 2. The Morgan fingerprint density at radius 1 is 1.21 bits per heavy atom. The van der Waals surface area contributed by atoms with Gasteiger partial charge in [0.1, 0.15) is 5.82 Å². The van der Waals surface area contributed by atoms with Crippen LogP contribution in [0.25, 0.3) is 0 Å². The van der Waals surface area contributed by atoms with E-state index in [0.717, 1.165) is 81.5 Å². The Bertz CT molecular complexity index is 1200. The number of ether oxygens (including phenoxy) is 2. The van der Waals surface area contributed by atoms with Crippen molar-refractivity contribution in [2.45, 2.75) is 113 Å². The van der Waals surface area contributed by atoms with E-state index < -0.39 is 5.97 Å². The molecule has 1 saturated carbocycles. The maximum absolute atomic E-state index is 13.7. The summed E-state index contributed by atoms with van der Waals surface area (Å²) >= 11 is 8.54. The lowest BCUT2D eigenvalue weighted by molar-refractivity contribution is -0.142. The SMILES string of the molecule is CO[C@H]1CCN([C@H]2CCc3nc(C)n(CCOC4CCC(Cl)CC4C4CC(C)NC5C(C(=O)O)CSC45)c(=O)c3C2)C1. The summed E-state index contributed by atoms with van der Waals surface area (Å²) in [5, 5.41) is 13.8. The van der Waals surface area contributed by atoms with E-state index in [2.05, 4.69) is 17.1 Å². The number of fused-ring (bicyclic) bond motifs is 2. The summed E-state index contributed by atoms with van der Waals surface area (Å²) in [6.45, 7) is 7.02. The number of methoxy groups -OCH3 is 1. The number of carboxylic acid groups (broad SMARTS) is 1. The van der Waals surface area contributed by atoms with Gasteiger partial charge < -0.3 is 19.9 Å². The van der Waals surface area contributed by atoms with Crippen LogP contribution in [0.15, 0.2) is 4.79 Å². The van der Waals surface area contributed by atoms with Crippen LogP contribution in [0.3, 0.4) is 0 Å². The van der Waals surface area contributed by atoms with Crippen LogP contribution in [0.5, 0.6) is 0 Å². The monoisotopic (exact) mass is 622 g/mol. The maximum Gasteiger partial charge on any atom is 0.308 e. The number of aliphatic carboxylic acids is 1. The van der Waals surface area contributed by atoms with Gasteiger partial charge in [-0.2, -0.15) is 11.8 Å². The summed E-state index contributed by atoms with van der Waals surface area (Å²) in [4.78, 5) is 33.1. The second-order valence-electron chi connectivity index (χ2n) is 13.3. The highest BCUT2D eigenvalue weighted by molar-refractivity contribution is 8.00. The fourth-order valence-corrected chi connectivity index (χ4v) is 10.7. The minimum atomic E-state index is -0.701. The average molecular weight is 623 g/mol. The first-order chi connectivity index (χ1) is 20.2. The second kappa shape index (κ2) is 13.1. The van der Waals surface area contributed by atoms with E-state index in [1.54, 1.807) is 7.11 Å². The van der Waals surface area contributed by atoms with Crippen LogP contribution in [0.1, 0.15) is 62.5 Å². The van der Waals surface area contributed by atoms with Gasteiger partial charge in [0.15, 0.2) is 0 Å². The van der Waals surface area contributed by atoms with Gasteiger partial charge in [0.2, 0.25) is 0 Å². The van der Waals surface area contributed by atoms with Gasteiger partial charge in [0.05, 0.1) is 37.0 Å². The van der Waals surface area contributed by atoms with E-state index in [1.807, 2.05) is 23.3 Å². The molecular formula is C31H47ClN4O5S. The summed E-state index contributed by atoms with van der Waals surface area (Å²) in [6, 6.07) is 0.627. The number of piperidine rings is 1. The Morgan fingerprint density at radius 2 is 2.05 bits per heavy atom. The number of aromatic nitrogens is 2. The van der Waals surface area contributed by atoms with Crippen LogP contribution in [0.4, 0.5) is 0 Å². The molecule has 42 heavy (non-hydrogen) atoms. The van der Waals surface area contributed by atoms with Gasteiger partial charge in [0.25, 0.3) is 5.56 Å². The summed E-state index contributed by atoms with van der Waals surface area (Å²) in [5.41, 5.74) is 1.93. The second-order valence-corrected chi connectivity index (χ2v) is 15.1. The van der Waals surface area contributed by atoms with Crippen LogP contribution in [0, 0.1) is 24.7 Å². The minimum Gasteiger partial charge on any atom is -0.481 e. The average Bonchev–Trinajstić information content (AvgIpc) is 3.62. The minimum absolute atomic E-state index is 0.00910. The lowest BCUT2D eigenvalue weighted by Crippen LogP contribution is -2.57. The summed E-state index contributed by atoms with van der Waals surface area (Å²) in [7, 11) is 1.79. The summed E-state index contributed by atoms with van der Waals surface area (Å²) < 4.78 is 14.0. The predicted octanol–water partition coefficient (Wildman–Crippen LogP) is 3.11. The largest absolute Gasteiger partial charge is 0.481 e. The number of hydrogen-bond donors (Lipinski definition) is 2. The normalized spacial score (nSPS) is 38.8. The van der Waals surface area contributed by atoms with E-state index in [4.69, 9.17) is 26.1 Å². The number of rotatable bonds is 8. The molecule has 0 aromatic carbocycles. The molecule has 9 nitrogen and oxygen atoms in total.